The second-order valence-electron chi connectivity index (χ2n) is 6.16. The summed E-state index contributed by atoms with van der Waals surface area (Å²) >= 11 is 0. The van der Waals surface area contributed by atoms with Crippen molar-refractivity contribution in [3.8, 4) is 0 Å². The Morgan fingerprint density at radius 1 is 1.13 bits per heavy atom. The molecule has 0 aliphatic carbocycles. The molecule has 1 atom stereocenters. The average molecular weight is 317 g/mol. The van der Waals surface area contributed by atoms with Gasteiger partial charge in [-0.1, -0.05) is 12.1 Å². The van der Waals surface area contributed by atoms with E-state index in [0.717, 1.165) is 51.1 Å². The Balaban J connectivity index is 1.48. The highest BCUT2D eigenvalue weighted by atomic mass is 16.5. The number of primary amides is 1. The van der Waals surface area contributed by atoms with Crippen molar-refractivity contribution in [2.75, 3.05) is 32.8 Å². The van der Waals surface area contributed by atoms with Gasteiger partial charge in [0.2, 0.25) is 5.91 Å². The van der Waals surface area contributed by atoms with Crippen molar-refractivity contribution >= 4 is 11.8 Å². The Labute approximate surface area is 136 Å². The van der Waals surface area contributed by atoms with Crippen LogP contribution in [-0.4, -0.2) is 60.5 Å². The van der Waals surface area contributed by atoms with Crippen LogP contribution in [0, 0.1) is 0 Å². The molecule has 1 aromatic rings. The lowest BCUT2D eigenvalue weighted by atomic mass is 10.1. The van der Waals surface area contributed by atoms with Gasteiger partial charge < -0.3 is 15.4 Å². The van der Waals surface area contributed by atoms with E-state index in [-0.39, 0.29) is 12.0 Å². The highest BCUT2D eigenvalue weighted by Gasteiger charge is 2.30. The van der Waals surface area contributed by atoms with Crippen molar-refractivity contribution < 1.29 is 14.3 Å². The van der Waals surface area contributed by atoms with E-state index in [1.165, 1.54) is 0 Å². The van der Waals surface area contributed by atoms with Gasteiger partial charge in [0.25, 0.3) is 5.91 Å². The first kappa shape index (κ1) is 16.0. The fraction of sp³-hybridized carbons (Fsp3) is 0.529. The number of carbonyl (C=O) groups excluding carboxylic acids is 2. The van der Waals surface area contributed by atoms with Gasteiger partial charge in [-0.15, -0.1) is 0 Å². The molecule has 0 saturated carbocycles. The van der Waals surface area contributed by atoms with Gasteiger partial charge in [0.15, 0.2) is 0 Å². The molecule has 1 aromatic carbocycles. The summed E-state index contributed by atoms with van der Waals surface area (Å²) in [6.45, 7) is 4.74. The summed E-state index contributed by atoms with van der Waals surface area (Å²) in [7, 11) is 0. The Bertz CT molecular complexity index is 559. The zero-order valence-electron chi connectivity index (χ0n) is 13.2. The number of ether oxygens (including phenoxy) is 1. The van der Waals surface area contributed by atoms with Crippen LogP contribution in [0.1, 0.15) is 28.8 Å². The van der Waals surface area contributed by atoms with E-state index in [9.17, 15) is 9.59 Å². The number of nitrogens with zero attached hydrogens (tertiary/aromatic N) is 2. The maximum Gasteiger partial charge on any atom is 0.251 e. The minimum atomic E-state index is -0.405. The summed E-state index contributed by atoms with van der Waals surface area (Å²) < 4.78 is 5.48. The summed E-state index contributed by atoms with van der Waals surface area (Å²) in [5.74, 6) is -0.259. The van der Waals surface area contributed by atoms with E-state index in [1.807, 2.05) is 17.0 Å². The topological polar surface area (TPSA) is 75.9 Å². The van der Waals surface area contributed by atoms with E-state index < -0.39 is 5.91 Å². The van der Waals surface area contributed by atoms with E-state index in [1.54, 1.807) is 12.1 Å². The normalized spacial score (nSPS) is 22.3. The van der Waals surface area contributed by atoms with Crippen molar-refractivity contribution in [3.05, 3.63) is 35.4 Å². The number of benzene rings is 1. The minimum absolute atomic E-state index is 0.146. The number of nitrogens with two attached hydrogens (primary N) is 1. The molecule has 2 fully saturated rings. The predicted molar refractivity (Wildman–Crippen MR) is 85.8 cm³/mol. The van der Waals surface area contributed by atoms with E-state index in [4.69, 9.17) is 10.5 Å². The fourth-order valence-corrected chi connectivity index (χ4v) is 3.14. The zero-order valence-corrected chi connectivity index (χ0v) is 13.2. The first-order chi connectivity index (χ1) is 11.1. The van der Waals surface area contributed by atoms with Crippen LogP contribution in [0.4, 0.5) is 0 Å². The van der Waals surface area contributed by atoms with Crippen LogP contribution >= 0.6 is 0 Å². The molecule has 2 heterocycles. The number of piperazine rings is 1. The SMILES string of the molecule is NC(=O)c1ccc(CN2CCN(C(=O)C3CCCO3)CC2)cc1. The molecule has 6 heteroatoms. The summed E-state index contributed by atoms with van der Waals surface area (Å²) in [6.07, 6.45) is 1.62. The summed E-state index contributed by atoms with van der Waals surface area (Å²) in [5, 5.41) is 0. The molecular weight excluding hydrogens is 294 g/mol. The Morgan fingerprint density at radius 2 is 1.83 bits per heavy atom. The molecule has 2 amide bonds. The lowest BCUT2D eigenvalue weighted by molar-refractivity contribution is -0.142. The van der Waals surface area contributed by atoms with Gasteiger partial charge in [0.05, 0.1) is 0 Å². The van der Waals surface area contributed by atoms with Crippen LogP contribution in [0.25, 0.3) is 0 Å². The van der Waals surface area contributed by atoms with Crippen molar-refractivity contribution in [1.29, 1.82) is 0 Å². The molecule has 0 bridgehead atoms. The molecule has 2 aliphatic heterocycles. The van der Waals surface area contributed by atoms with Crippen LogP contribution in [0.2, 0.25) is 0 Å². The van der Waals surface area contributed by atoms with Gasteiger partial charge >= 0.3 is 0 Å². The first-order valence-corrected chi connectivity index (χ1v) is 8.15. The molecule has 0 spiro atoms. The van der Waals surface area contributed by atoms with Crippen LogP contribution < -0.4 is 5.73 Å². The van der Waals surface area contributed by atoms with Crippen molar-refractivity contribution in [1.82, 2.24) is 9.80 Å². The van der Waals surface area contributed by atoms with Gasteiger partial charge in [0.1, 0.15) is 6.10 Å². The molecule has 6 nitrogen and oxygen atoms in total. The molecule has 2 N–H and O–H groups in total. The third kappa shape index (κ3) is 3.89. The molecular formula is C17H23N3O3. The van der Waals surface area contributed by atoms with Gasteiger partial charge in [-0.05, 0) is 30.5 Å². The molecule has 2 aliphatic rings. The maximum atomic E-state index is 12.3. The first-order valence-electron chi connectivity index (χ1n) is 8.15. The van der Waals surface area contributed by atoms with E-state index in [0.29, 0.717) is 12.2 Å². The maximum absolute atomic E-state index is 12.3. The Hall–Kier alpha value is -1.92. The summed E-state index contributed by atoms with van der Waals surface area (Å²) in [5.41, 5.74) is 6.92. The van der Waals surface area contributed by atoms with Crippen LogP contribution in [0.3, 0.4) is 0 Å². The average Bonchev–Trinajstić information content (AvgIpc) is 3.10. The van der Waals surface area contributed by atoms with Gasteiger partial charge in [-0.3, -0.25) is 14.5 Å². The second kappa shape index (κ2) is 7.10. The van der Waals surface area contributed by atoms with Crippen molar-refractivity contribution in [2.24, 2.45) is 5.73 Å². The Kier molecular flexibility index (Phi) is 4.93. The molecule has 124 valence electrons. The minimum Gasteiger partial charge on any atom is -0.368 e. The molecule has 1 unspecified atom stereocenters. The number of rotatable bonds is 4. The van der Waals surface area contributed by atoms with Crippen LogP contribution in [-0.2, 0) is 16.1 Å². The molecule has 0 aromatic heterocycles. The lowest BCUT2D eigenvalue weighted by Crippen LogP contribution is -2.51. The third-order valence-corrected chi connectivity index (χ3v) is 4.53. The van der Waals surface area contributed by atoms with Crippen LogP contribution in [0.5, 0.6) is 0 Å². The number of hydrogen-bond acceptors (Lipinski definition) is 4. The molecule has 0 radical (unpaired) electrons. The van der Waals surface area contributed by atoms with Crippen molar-refractivity contribution in [2.45, 2.75) is 25.5 Å². The fourth-order valence-electron chi connectivity index (χ4n) is 3.14. The largest absolute Gasteiger partial charge is 0.368 e. The number of amides is 2. The smallest absolute Gasteiger partial charge is 0.251 e. The van der Waals surface area contributed by atoms with Gasteiger partial charge in [0, 0.05) is 44.9 Å². The molecule has 3 rings (SSSR count). The monoisotopic (exact) mass is 317 g/mol. The number of carbonyl (C=O) groups is 2. The summed E-state index contributed by atoms with van der Waals surface area (Å²) in [4.78, 5) is 27.6. The highest BCUT2D eigenvalue weighted by Crippen LogP contribution is 2.16. The molecule has 23 heavy (non-hydrogen) atoms. The zero-order chi connectivity index (χ0) is 16.2. The second-order valence-corrected chi connectivity index (χ2v) is 6.16. The van der Waals surface area contributed by atoms with E-state index in [2.05, 4.69) is 4.90 Å². The number of hydrogen-bond donors (Lipinski definition) is 1. The third-order valence-electron chi connectivity index (χ3n) is 4.53. The Morgan fingerprint density at radius 3 is 2.39 bits per heavy atom. The quantitative estimate of drug-likeness (QED) is 0.883. The standard InChI is InChI=1S/C17H23N3O3/c18-16(21)14-5-3-13(4-6-14)12-19-7-9-20(10-8-19)17(22)15-2-1-11-23-15/h3-6,15H,1-2,7-12H2,(H2,18,21). The predicted octanol–water partition coefficient (Wildman–Crippen LogP) is 0.609. The lowest BCUT2D eigenvalue weighted by Gasteiger charge is -2.35. The van der Waals surface area contributed by atoms with Crippen LogP contribution in [0.15, 0.2) is 24.3 Å². The van der Waals surface area contributed by atoms with Crippen molar-refractivity contribution in [3.63, 3.8) is 0 Å². The molecule has 2 saturated heterocycles. The van der Waals surface area contributed by atoms with E-state index >= 15 is 0 Å². The summed E-state index contributed by atoms with van der Waals surface area (Å²) in [6, 6.07) is 7.39. The van der Waals surface area contributed by atoms with Gasteiger partial charge in [-0.25, -0.2) is 0 Å². The highest BCUT2D eigenvalue weighted by molar-refractivity contribution is 5.92. The van der Waals surface area contributed by atoms with Gasteiger partial charge in [-0.2, -0.15) is 0 Å².